The maximum atomic E-state index is 13.5. The van der Waals surface area contributed by atoms with E-state index in [2.05, 4.69) is 19.2 Å². The van der Waals surface area contributed by atoms with Crippen LogP contribution in [0.2, 0.25) is 0 Å². The van der Waals surface area contributed by atoms with Crippen molar-refractivity contribution in [2.24, 2.45) is 17.3 Å². The van der Waals surface area contributed by atoms with Gasteiger partial charge in [-0.1, -0.05) is 54.9 Å². The first-order valence-corrected chi connectivity index (χ1v) is 11.7. The molecule has 4 amide bonds. The summed E-state index contributed by atoms with van der Waals surface area (Å²) < 4.78 is 0. The van der Waals surface area contributed by atoms with Gasteiger partial charge in [0.15, 0.2) is 0 Å². The number of imide groups is 1. The van der Waals surface area contributed by atoms with Gasteiger partial charge < -0.3 is 10.2 Å². The Bertz CT molecular complexity index is 611. The Hall–Kier alpha value is -1.59. The Morgan fingerprint density at radius 3 is 2.20 bits per heavy atom. The first-order valence-electron chi connectivity index (χ1n) is 11.7. The lowest BCUT2D eigenvalue weighted by Gasteiger charge is -2.37. The molecule has 1 aliphatic heterocycles. The Morgan fingerprint density at radius 1 is 1.10 bits per heavy atom. The molecule has 0 bridgehead atoms. The highest BCUT2D eigenvalue weighted by Gasteiger charge is 2.43. The van der Waals surface area contributed by atoms with Crippen LogP contribution in [0.25, 0.3) is 0 Å². The van der Waals surface area contributed by atoms with Crippen molar-refractivity contribution < 1.29 is 14.4 Å². The van der Waals surface area contributed by atoms with E-state index in [0.29, 0.717) is 25.4 Å². The summed E-state index contributed by atoms with van der Waals surface area (Å²) in [5.41, 5.74) is -0.979. The highest BCUT2D eigenvalue weighted by atomic mass is 16.2. The number of hydrogen-bond donors (Lipinski definition) is 1. The van der Waals surface area contributed by atoms with Gasteiger partial charge in [-0.15, -0.1) is 0 Å². The maximum absolute atomic E-state index is 13.5. The van der Waals surface area contributed by atoms with Crippen LogP contribution in [0.4, 0.5) is 4.79 Å². The zero-order chi connectivity index (χ0) is 23.3. The van der Waals surface area contributed by atoms with Crippen LogP contribution in [0.15, 0.2) is 0 Å². The molecule has 6 heteroatoms. The van der Waals surface area contributed by atoms with Gasteiger partial charge in [-0.3, -0.25) is 14.5 Å². The molecule has 1 aliphatic rings. The van der Waals surface area contributed by atoms with Crippen molar-refractivity contribution in [2.75, 3.05) is 13.1 Å². The van der Waals surface area contributed by atoms with E-state index in [0.717, 1.165) is 25.7 Å². The molecule has 0 aromatic rings. The summed E-state index contributed by atoms with van der Waals surface area (Å²) in [5, 5.41) is 3.11. The SMILES string of the molecule is CCCCN(C(=O)C1CCCN1C(=O)NC(C)(C)CC(C)C)C(=O)C(C)(C)C(C)C. The molecule has 1 unspecified atom stereocenters. The second kappa shape index (κ2) is 10.6. The third-order valence-electron chi connectivity index (χ3n) is 6.40. The van der Waals surface area contributed by atoms with Crippen molar-refractivity contribution in [2.45, 2.75) is 106 Å². The fourth-order valence-corrected chi connectivity index (χ4v) is 4.10. The number of hydrogen-bond acceptors (Lipinski definition) is 3. The number of likely N-dealkylation sites (tertiary alicyclic amines) is 1. The van der Waals surface area contributed by atoms with E-state index in [9.17, 15) is 14.4 Å². The summed E-state index contributed by atoms with van der Waals surface area (Å²) in [7, 11) is 0. The van der Waals surface area contributed by atoms with Crippen LogP contribution in [0.3, 0.4) is 0 Å². The lowest BCUT2D eigenvalue weighted by molar-refractivity contribution is -0.154. The van der Waals surface area contributed by atoms with Gasteiger partial charge in [0.25, 0.3) is 5.91 Å². The Balaban J connectivity index is 3.05. The normalized spacial score (nSPS) is 17.6. The van der Waals surface area contributed by atoms with E-state index in [4.69, 9.17) is 0 Å². The fourth-order valence-electron chi connectivity index (χ4n) is 4.10. The fraction of sp³-hybridized carbons (Fsp3) is 0.875. The molecule has 0 aromatic carbocycles. The molecule has 0 radical (unpaired) electrons. The molecule has 1 heterocycles. The van der Waals surface area contributed by atoms with Crippen molar-refractivity contribution in [3.05, 3.63) is 0 Å². The monoisotopic (exact) mass is 423 g/mol. The summed E-state index contributed by atoms with van der Waals surface area (Å²) in [4.78, 5) is 42.9. The molecule has 1 atom stereocenters. The number of nitrogens with zero attached hydrogens (tertiary/aromatic N) is 2. The summed E-state index contributed by atoms with van der Waals surface area (Å²) in [6.07, 6.45) is 3.91. The van der Waals surface area contributed by atoms with Gasteiger partial charge in [-0.25, -0.2) is 4.79 Å². The van der Waals surface area contributed by atoms with E-state index >= 15 is 0 Å². The number of carbonyl (C=O) groups excluding carboxylic acids is 3. The number of nitrogens with one attached hydrogen (secondary N) is 1. The van der Waals surface area contributed by atoms with Gasteiger partial charge in [-0.2, -0.15) is 0 Å². The Kier molecular flexibility index (Phi) is 9.37. The summed E-state index contributed by atoms with van der Waals surface area (Å²) >= 11 is 0. The van der Waals surface area contributed by atoms with Crippen LogP contribution in [0.1, 0.15) is 94.4 Å². The number of carbonyl (C=O) groups is 3. The zero-order valence-electron chi connectivity index (χ0n) is 20.8. The lowest BCUT2D eigenvalue weighted by Crippen LogP contribution is -2.57. The number of rotatable bonds is 9. The molecular weight excluding hydrogens is 378 g/mol. The van der Waals surface area contributed by atoms with E-state index in [-0.39, 0.29) is 29.3 Å². The maximum Gasteiger partial charge on any atom is 0.318 e. The second-order valence-electron chi connectivity index (χ2n) is 10.8. The van der Waals surface area contributed by atoms with Crippen LogP contribution < -0.4 is 5.32 Å². The van der Waals surface area contributed by atoms with Gasteiger partial charge in [0, 0.05) is 24.0 Å². The summed E-state index contributed by atoms with van der Waals surface area (Å²) in [6, 6.07) is -0.772. The lowest BCUT2D eigenvalue weighted by atomic mass is 9.79. The standard InChI is InChI=1S/C24H45N3O3/c1-10-11-14-27(21(29)24(8,9)18(4)5)20(28)19-13-12-15-26(19)22(30)25-23(6,7)16-17(2)3/h17-19H,10-16H2,1-9H3,(H,25,30). The topological polar surface area (TPSA) is 69.7 Å². The van der Waals surface area contributed by atoms with Crippen molar-refractivity contribution in [3.63, 3.8) is 0 Å². The minimum atomic E-state index is -0.631. The van der Waals surface area contributed by atoms with Crippen molar-refractivity contribution in [3.8, 4) is 0 Å². The smallest absolute Gasteiger partial charge is 0.318 e. The minimum Gasteiger partial charge on any atom is -0.333 e. The summed E-state index contributed by atoms with van der Waals surface area (Å²) in [5.74, 6) is 0.207. The Labute approximate surface area is 184 Å². The second-order valence-corrected chi connectivity index (χ2v) is 10.8. The molecule has 0 aromatic heterocycles. The van der Waals surface area contributed by atoms with E-state index in [1.807, 2.05) is 48.5 Å². The molecule has 1 saturated heterocycles. The number of amides is 4. The number of unbranched alkanes of at least 4 members (excludes halogenated alkanes) is 1. The largest absolute Gasteiger partial charge is 0.333 e. The third-order valence-corrected chi connectivity index (χ3v) is 6.40. The van der Waals surface area contributed by atoms with Gasteiger partial charge in [0.1, 0.15) is 6.04 Å². The quantitative estimate of drug-likeness (QED) is 0.578. The van der Waals surface area contributed by atoms with Gasteiger partial charge in [0.2, 0.25) is 5.91 Å². The average molecular weight is 424 g/mol. The molecule has 0 aliphatic carbocycles. The van der Waals surface area contributed by atoms with Crippen molar-refractivity contribution in [1.29, 1.82) is 0 Å². The van der Waals surface area contributed by atoms with Crippen LogP contribution in [-0.2, 0) is 9.59 Å². The zero-order valence-corrected chi connectivity index (χ0v) is 20.8. The highest BCUT2D eigenvalue weighted by molar-refractivity contribution is 6.01. The predicted octanol–water partition coefficient (Wildman–Crippen LogP) is 4.82. The van der Waals surface area contributed by atoms with Crippen LogP contribution in [0, 0.1) is 17.3 Å². The van der Waals surface area contributed by atoms with Crippen molar-refractivity contribution in [1.82, 2.24) is 15.1 Å². The molecule has 174 valence electrons. The molecule has 1 N–H and O–H groups in total. The van der Waals surface area contributed by atoms with Gasteiger partial charge >= 0.3 is 6.03 Å². The van der Waals surface area contributed by atoms with Crippen molar-refractivity contribution >= 4 is 17.8 Å². The first-order chi connectivity index (χ1) is 13.7. The molecule has 1 rings (SSSR count). The molecule has 30 heavy (non-hydrogen) atoms. The Morgan fingerprint density at radius 2 is 1.70 bits per heavy atom. The first kappa shape index (κ1) is 26.4. The molecular formula is C24H45N3O3. The van der Waals surface area contributed by atoms with Gasteiger partial charge in [0.05, 0.1) is 0 Å². The molecule has 1 fully saturated rings. The van der Waals surface area contributed by atoms with E-state index in [1.54, 1.807) is 4.90 Å². The highest BCUT2D eigenvalue weighted by Crippen LogP contribution is 2.30. The van der Waals surface area contributed by atoms with Crippen LogP contribution in [-0.4, -0.2) is 52.3 Å². The molecule has 0 saturated carbocycles. The van der Waals surface area contributed by atoms with E-state index < -0.39 is 11.5 Å². The average Bonchev–Trinajstić information content (AvgIpc) is 3.09. The minimum absolute atomic E-state index is 0.113. The predicted molar refractivity (Wildman–Crippen MR) is 122 cm³/mol. The molecule has 0 spiro atoms. The van der Waals surface area contributed by atoms with Crippen LogP contribution >= 0.6 is 0 Å². The third kappa shape index (κ3) is 6.71. The molecule has 6 nitrogen and oxygen atoms in total. The van der Waals surface area contributed by atoms with E-state index in [1.165, 1.54) is 4.90 Å². The number of urea groups is 1. The van der Waals surface area contributed by atoms with Gasteiger partial charge in [-0.05, 0) is 51.4 Å². The van der Waals surface area contributed by atoms with Crippen LogP contribution in [0.5, 0.6) is 0 Å². The summed E-state index contributed by atoms with van der Waals surface area (Å²) in [6.45, 7) is 19.1.